The SMILES string of the molecule is Cc1cc(C(=O)Nc2c(-c3ccccc3F)ccnc2N2CCC(P)(P)C2)sn1. The number of nitrogens with one attached hydrogen (secondary N) is 1. The standard InChI is InChI=1S/C20H21FN4OP2S/c1-12-10-16(29-24-12)19(26)23-17-14(13-4-2-3-5-15(13)21)6-8-22-18(17)25-9-7-20(27,28)11-25/h2-6,8,10H,7,9,11,27-28H2,1H3,(H,23,26). The molecular formula is C20H21FN4OP2S. The molecule has 150 valence electrons. The lowest BCUT2D eigenvalue weighted by atomic mass is 10.0. The number of pyridine rings is 1. The number of hydrogen-bond donors (Lipinski definition) is 1. The maximum Gasteiger partial charge on any atom is 0.267 e. The van der Waals surface area contributed by atoms with Crippen LogP contribution in [0, 0.1) is 12.7 Å². The van der Waals surface area contributed by atoms with Gasteiger partial charge in [0, 0.05) is 35.3 Å². The number of nitrogens with zero attached hydrogens (tertiary/aromatic N) is 3. The van der Waals surface area contributed by atoms with Crippen molar-refractivity contribution in [1.29, 1.82) is 0 Å². The van der Waals surface area contributed by atoms with E-state index in [0.717, 1.165) is 36.7 Å². The van der Waals surface area contributed by atoms with Gasteiger partial charge in [0.1, 0.15) is 10.7 Å². The lowest BCUT2D eigenvalue weighted by Crippen LogP contribution is -2.26. The fourth-order valence-electron chi connectivity index (χ4n) is 3.40. The van der Waals surface area contributed by atoms with Crippen molar-refractivity contribution >= 4 is 47.4 Å². The second-order valence-corrected chi connectivity index (χ2v) is 11.0. The van der Waals surface area contributed by atoms with Crippen LogP contribution >= 0.6 is 30.0 Å². The van der Waals surface area contributed by atoms with Crippen molar-refractivity contribution in [3.8, 4) is 11.1 Å². The number of hydrogen-bond acceptors (Lipinski definition) is 5. The first-order chi connectivity index (χ1) is 13.8. The van der Waals surface area contributed by atoms with Crippen molar-refractivity contribution in [2.24, 2.45) is 0 Å². The molecule has 29 heavy (non-hydrogen) atoms. The fraction of sp³-hybridized carbons (Fsp3) is 0.250. The summed E-state index contributed by atoms with van der Waals surface area (Å²) in [5.74, 6) is 0.0263. The van der Waals surface area contributed by atoms with Gasteiger partial charge in [-0.15, -0.1) is 18.5 Å². The highest BCUT2D eigenvalue weighted by atomic mass is 32.1. The molecule has 1 amide bonds. The van der Waals surface area contributed by atoms with Crippen LogP contribution < -0.4 is 10.2 Å². The lowest BCUT2D eigenvalue weighted by molar-refractivity contribution is 0.103. The van der Waals surface area contributed by atoms with Crippen LogP contribution in [-0.2, 0) is 0 Å². The Balaban J connectivity index is 1.80. The number of halogens is 1. The zero-order valence-corrected chi connectivity index (χ0v) is 19.0. The van der Waals surface area contributed by atoms with E-state index in [0.29, 0.717) is 27.5 Å². The minimum atomic E-state index is -0.346. The van der Waals surface area contributed by atoms with E-state index in [2.05, 4.69) is 38.1 Å². The van der Waals surface area contributed by atoms with Crippen molar-refractivity contribution in [3.05, 3.63) is 59.0 Å². The molecule has 0 radical (unpaired) electrons. The summed E-state index contributed by atoms with van der Waals surface area (Å²) in [6.45, 7) is 3.39. The predicted molar refractivity (Wildman–Crippen MR) is 123 cm³/mol. The average Bonchev–Trinajstić information content (AvgIpc) is 3.28. The Labute approximate surface area is 177 Å². The second-order valence-electron chi connectivity index (χ2n) is 7.23. The van der Waals surface area contributed by atoms with Gasteiger partial charge in [-0.25, -0.2) is 9.37 Å². The number of rotatable bonds is 4. The highest BCUT2D eigenvalue weighted by Gasteiger charge is 2.32. The summed E-state index contributed by atoms with van der Waals surface area (Å²) in [6.07, 6.45) is 2.62. The van der Waals surface area contributed by atoms with E-state index in [1.165, 1.54) is 6.07 Å². The largest absolute Gasteiger partial charge is 0.354 e. The van der Waals surface area contributed by atoms with Gasteiger partial charge in [-0.3, -0.25) is 4.79 Å². The number of benzene rings is 1. The van der Waals surface area contributed by atoms with E-state index < -0.39 is 0 Å². The Morgan fingerprint density at radius 2 is 2.07 bits per heavy atom. The summed E-state index contributed by atoms with van der Waals surface area (Å²) in [7, 11) is 5.72. The summed E-state index contributed by atoms with van der Waals surface area (Å²) in [4.78, 5) is 20.1. The first kappa shape index (κ1) is 20.3. The molecule has 1 aliphatic rings. The van der Waals surface area contributed by atoms with Crippen LogP contribution in [0.1, 0.15) is 21.8 Å². The van der Waals surface area contributed by atoms with Gasteiger partial charge in [0.15, 0.2) is 5.82 Å². The summed E-state index contributed by atoms with van der Waals surface area (Å²) >= 11 is 1.14. The number of anilines is 2. The molecule has 0 aliphatic carbocycles. The van der Waals surface area contributed by atoms with Crippen LogP contribution in [0.15, 0.2) is 42.6 Å². The van der Waals surface area contributed by atoms with E-state index in [1.807, 2.05) is 6.92 Å². The van der Waals surface area contributed by atoms with Gasteiger partial charge in [0.05, 0.1) is 11.4 Å². The molecule has 1 N–H and O–H groups in total. The second kappa shape index (κ2) is 8.06. The van der Waals surface area contributed by atoms with Crippen molar-refractivity contribution in [2.75, 3.05) is 23.3 Å². The molecule has 4 rings (SSSR count). The Hall–Kier alpha value is -1.94. The molecule has 0 spiro atoms. The molecular weight excluding hydrogens is 425 g/mol. The van der Waals surface area contributed by atoms with Crippen LogP contribution in [0.2, 0.25) is 0 Å². The Morgan fingerprint density at radius 3 is 2.72 bits per heavy atom. The van der Waals surface area contributed by atoms with E-state index in [9.17, 15) is 9.18 Å². The number of carbonyl (C=O) groups is 1. The minimum Gasteiger partial charge on any atom is -0.354 e. The van der Waals surface area contributed by atoms with Crippen LogP contribution in [0.4, 0.5) is 15.9 Å². The molecule has 0 saturated carbocycles. The molecule has 1 aromatic carbocycles. The highest BCUT2D eigenvalue weighted by Crippen LogP contribution is 2.42. The Morgan fingerprint density at radius 1 is 1.28 bits per heavy atom. The van der Waals surface area contributed by atoms with Gasteiger partial charge in [-0.2, -0.15) is 4.37 Å². The molecule has 9 heteroatoms. The van der Waals surface area contributed by atoms with Crippen LogP contribution in [0.25, 0.3) is 11.1 Å². The van der Waals surface area contributed by atoms with E-state index in [4.69, 9.17) is 0 Å². The maximum absolute atomic E-state index is 14.6. The zero-order chi connectivity index (χ0) is 20.6. The number of aryl methyl sites for hydroxylation is 1. The third-order valence-electron chi connectivity index (χ3n) is 4.82. The molecule has 3 heterocycles. The van der Waals surface area contributed by atoms with Crippen molar-refractivity contribution in [3.63, 3.8) is 0 Å². The smallest absolute Gasteiger partial charge is 0.267 e. The van der Waals surface area contributed by atoms with E-state index in [-0.39, 0.29) is 16.6 Å². The molecule has 5 nitrogen and oxygen atoms in total. The monoisotopic (exact) mass is 446 g/mol. The number of carbonyl (C=O) groups excluding carboxylic acids is 1. The number of amides is 1. The molecule has 2 atom stereocenters. The molecule has 2 unspecified atom stereocenters. The Bertz CT molecular complexity index is 1070. The summed E-state index contributed by atoms with van der Waals surface area (Å²) in [5.41, 5.74) is 2.33. The first-order valence-corrected chi connectivity index (χ1v) is 11.1. The van der Waals surface area contributed by atoms with Gasteiger partial charge in [-0.1, -0.05) is 18.2 Å². The van der Waals surface area contributed by atoms with Crippen LogP contribution in [-0.4, -0.2) is 33.3 Å². The van der Waals surface area contributed by atoms with Gasteiger partial charge in [0.2, 0.25) is 0 Å². The van der Waals surface area contributed by atoms with Crippen molar-refractivity contribution in [1.82, 2.24) is 9.36 Å². The predicted octanol–water partition coefficient (Wildman–Crippen LogP) is 4.56. The third-order valence-corrected chi connectivity index (χ3v) is 6.64. The molecule has 1 fully saturated rings. The van der Waals surface area contributed by atoms with Gasteiger partial charge >= 0.3 is 0 Å². The van der Waals surface area contributed by atoms with E-state index >= 15 is 0 Å². The fourth-order valence-corrected chi connectivity index (χ4v) is 4.75. The molecule has 0 bridgehead atoms. The quantitative estimate of drug-likeness (QED) is 0.597. The van der Waals surface area contributed by atoms with Gasteiger partial charge < -0.3 is 10.2 Å². The zero-order valence-electron chi connectivity index (χ0n) is 15.9. The normalized spacial score (nSPS) is 15.5. The van der Waals surface area contributed by atoms with Crippen LogP contribution in [0.3, 0.4) is 0 Å². The minimum absolute atomic E-state index is 0.00819. The molecule has 1 aliphatic heterocycles. The molecule has 2 aromatic heterocycles. The van der Waals surface area contributed by atoms with Crippen molar-refractivity contribution < 1.29 is 9.18 Å². The first-order valence-electron chi connectivity index (χ1n) is 9.15. The molecule has 1 saturated heterocycles. The van der Waals surface area contributed by atoms with E-state index in [1.54, 1.807) is 36.5 Å². The third kappa shape index (κ3) is 4.32. The molecule has 3 aromatic rings. The van der Waals surface area contributed by atoms with Crippen molar-refractivity contribution in [2.45, 2.75) is 18.2 Å². The van der Waals surface area contributed by atoms with Gasteiger partial charge in [-0.05, 0) is 43.1 Å². The topological polar surface area (TPSA) is 58.1 Å². The van der Waals surface area contributed by atoms with Gasteiger partial charge in [0.25, 0.3) is 5.91 Å². The Kier molecular flexibility index (Phi) is 5.65. The number of aromatic nitrogens is 2. The van der Waals surface area contributed by atoms with Crippen LogP contribution in [0.5, 0.6) is 0 Å². The summed E-state index contributed by atoms with van der Waals surface area (Å²) in [6, 6.07) is 10.0. The highest BCUT2D eigenvalue weighted by molar-refractivity contribution is 7.40. The lowest BCUT2D eigenvalue weighted by Gasteiger charge is -2.24. The summed E-state index contributed by atoms with van der Waals surface area (Å²) in [5, 5.41) is 2.99. The average molecular weight is 446 g/mol. The maximum atomic E-state index is 14.6. The summed E-state index contributed by atoms with van der Waals surface area (Å²) < 4.78 is 18.8.